The summed E-state index contributed by atoms with van der Waals surface area (Å²) in [4.78, 5) is 8.45. The normalized spacial score (nSPS) is 18.7. The average molecular weight is 355 g/mol. The summed E-state index contributed by atoms with van der Waals surface area (Å²) < 4.78 is 46.0. The molecule has 0 amide bonds. The van der Waals surface area contributed by atoms with Crippen molar-refractivity contribution < 1.29 is 17.9 Å². The highest BCUT2D eigenvalue weighted by Gasteiger charge is 2.38. The van der Waals surface area contributed by atoms with E-state index in [1.54, 1.807) is 12.1 Å². The van der Waals surface area contributed by atoms with Crippen molar-refractivity contribution in [2.24, 2.45) is 5.92 Å². The first-order valence-electron chi connectivity index (χ1n) is 7.31. The minimum atomic E-state index is -4.62. The van der Waals surface area contributed by atoms with E-state index in [1.807, 2.05) is 0 Å². The molecular weight excluding hydrogens is 343 g/mol. The summed E-state index contributed by atoms with van der Waals surface area (Å²) in [6, 6.07) is 3.27. The largest absolute Gasteiger partial charge is 0.452 e. The van der Waals surface area contributed by atoms with Crippen molar-refractivity contribution in [2.75, 3.05) is 19.0 Å². The molecule has 0 aliphatic carbocycles. The van der Waals surface area contributed by atoms with Gasteiger partial charge in [0.2, 0.25) is 5.82 Å². The van der Waals surface area contributed by atoms with E-state index < -0.39 is 12.0 Å². The number of halogens is 3. The molecule has 126 valence electrons. The number of nitrogens with zero attached hydrogens (tertiary/aromatic N) is 5. The van der Waals surface area contributed by atoms with E-state index >= 15 is 0 Å². The van der Waals surface area contributed by atoms with E-state index in [4.69, 9.17) is 4.74 Å². The quantitative estimate of drug-likeness (QED) is 0.673. The van der Waals surface area contributed by atoms with Gasteiger partial charge in [-0.2, -0.15) is 13.2 Å². The highest BCUT2D eigenvalue weighted by Crippen LogP contribution is 2.33. The second-order valence-corrected chi connectivity index (χ2v) is 6.49. The van der Waals surface area contributed by atoms with Crippen LogP contribution in [0.25, 0.3) is 16.8 Å². The van der Waals surface area contributed by atoms with E-state index in [0.29, 0.717) is 28.8 Å². The fraction of sp³-hybridized carbons (Fsp3) is 0.429. The molecule has 0 bridgehead atoms. The Morgan fingerprint density at radius 2 is 2.17 bits per heavy atom. The minimum absolute atomic E-state index is 0.0810. The lowest BCUT2D eigenvalue weighted by Gasteiger charge is -2.10. The van der Waals surface area contributed by atoms with Crippen LogP contribution >= 0.6 is 11.8 Å². The Hall–Kier alpha value is -1.94. The topological polar surface area (TPSA) is 65.2 Å². The van der Waals surface area contributed by atoms with E-state index in [1.165, 1.54) is 18.0 Å². The highest BCUT2D eigenvalue weighted by molar-refractivity contribution is 7.99. The van der Waals surface area contributed by atoms with E-state index in [2.05, 4.69) is 20.2 Å². The molecule has 0 saturated carbocycles. The third kappa shape index (κ3) is 2.69. The summed E-state index contributed by atoms with van der Waals surface area (Å²) in [5, 5.41) is 7.47. The first-order valence-corrected chi connectivity index (χ1v) is 8.30. The van der Waals surface area contributed by atoms with E-state index in [9.17, 15) is 13.2 Å². The maximum Gasteiger partial charge on any atom is 0.452 e. The lowest BCUT2D eigenvalue weighted by molar-refractivity contribution is -0.145. The van der Waals surface area contributed by atoms with Crippen molar-refractivity contribution in [3.05, 3.63) is 24.2 Å². The number of aromatic nitrogens is 5. The van der Waals surface area contributed by atoms with Crippen molar-refractivity contribution in [3.8, 4) is 0 Å². The van der Waals surface area contributed by atoms with Gasteiger partial charge in [-0.15, -0.1) is 22.0 Å². The van der Waals surface area contributed by atoms with Crippen LogP contribution in [-0.2, 0) is 10.9 Å². The van der Waals surface area contributed by atoms with Gasteiger partial charge in [0.05, 0.1) is 6.61 Å². The van der Waals surface area contributed by atoms with Crippen LogP contribution in [0.1, 0.15) is 12.2 Å². The Labute approximate surface area is 138 Å². The smallest absolute Gasteiger partial charge is 0.381 e. The summed E-state index contributed by atoms with van der Waals surface area (Å²) in [6.07, 6.45) is -2.25. The molecule has 0 radical (unpaired) electrons. The molecule has 0 N–H and O–H groups in total. The fourth-order valence-electron chi connectivity index (χ4n) is 2.62. The number of rotatable bonds is 3. The second kappa shape index (κ2) is 5.85. The summed E-state index contributed by atoms with van der Waals surface area (Å²) >= 11 is 1.38. The zero-order valence-corrected chi connectivity index (χ0v) is 13.1. The number of alkyl halides is 3. The molecule has 3 aromatic heterocycles. The molecule has 0 spiro atoms. The second-order valence-electron chi connectivity index (χ2n) is 5.48. The van der Waals surface area contributed by atoms with Gasteiger partial charge in [0.1, 0.15) is 10.5 Å². The van der Waals surface area contributed by atoms with E-state index in [0.717, 1.165) is 17.4 Å². The van der Waals surface area contributed by atoms with Gasteiger partial charge in [0.25, 0.3) is 0 Å². The van der Waals surface area contributed by atoms with Gasteiger partial charge < -0.3 is 4.74 Å². The van der Waals surface area contributed by atoms with Crippen LogP contribution in [-0.4, -0.2) is 43.5 Å². The Morgan fingerprint density at radius 3 is 2.92 bits per heavy atom. The summed E-state index contributed by atoms with van der Waals surface area (Å²) in [7, 11) is 0. The summed E-state index contributed by atoms with van der Waals surface area (Å²) in [5.74, 6) is -0.0102. The van der Waals surface area contributed by atoms with Gasteiger partial charge in [-0.3, -0.25) is 4.40 Å². The molecule has 1 saturated heterocycles. The fourth-order valence-corrected chi connectivity index (χ4v) is 3.70. The molecule has 6 nitrogen and oxygen atoms in total. The molecule has 1 aliphatic heterocycles. The predicted octanol–water partition coefficient (Wildman–Crippen LogP) is 2.82. The van der Waals surface area contributed by atoms with Gasteiger partial charge in [0.15, 0.2) is 11.3 Å². The predicted molar refractivity (Wildman–Crippen MR) is 80.7 cm³/mol. The van der Waals surface area contributed by atoms with Gasteiger partial charge in [-0.1, -0.05) is 0 Å². The standard InChI is InChI=1S/C14H12F3N5OS/c15-14(16,17)13-21-20-11-12(24-7-8-3-5-23-6-8)19-9-2-1-4-18-10(9)22(11)13/h1-2,4,8H,3,5-7H2. The molecule has 4 rings (SSSR count). The molecule has 1 aliphatic rings. The number of pyridine rings is 1. The van der Waals surface area contributed by atoms with E-state index in [-0.39, 0.29) is 11.3 Å². The third-order valence-corrected chi connectivity index (χ3v) is 4.97. The Kier molecular flexibility index (Phi) is 3.80. The average Bonchev–Trinajstić information content (AvgIpc) is 3.21. The monoisotopic (exact) mass is 355 g/mol. The number of thioether (sulfide) groups is 1. The number of hydrogen-bond acceptors (Lipinski definition) is 6. The first kappa shape index (κ1) is 15.6. The SMILES string of the molecule is FC(F)(F)c1nnc2c(SCC3CCOC3)nc3cccnc3n12. The van der Waals surface area contributed by atoms with Crippen LogP contribution in [0.3, 0.4) is 0 Å². The van der Waals surface area contributed by atoms with Crippen LogP contribution in [0.5, 0.6) is 0 Å². The van der Waals surface area contributed by atoms with Crippen molar-refractivity contribution in [1.82, 2.24) is 24.6 Å². The molecule has 4 heterocycles. The zero-order valence-electron chi connectivity index (χ0n) is 12.3. The summed E-state index contributed by atoms with van der Waals surface area (Å²) in [5.41, 5.74) is 0.552. The van der Waals surface area contributed by atoms with Crippen LogP contribution in [0.15, 0.2) is 23.4 Å². The van der Waals surface area contributed by atoms with Gasteiger partial charge in [-0.05, 0) is 24.5 Å². The lowest BCUT2D eigenvalue weighted by atomic mass is 10.2. The van der Waals surface area contributed by atoms with Crippen molar-refractivity contribution >= 4 is 28.6 Å². The van der Waals surface area contributed by atoms with Crippen LogP contribution in [0.4, 0.5) is 13.2 Å². The molecule has 1 atom stereocenters. The Morgan fingerprint density at radius 1 is 1.29 bits per heavy atom. The van der Waals surface area contributed by atoms with Crippen LogP contribution in [0.2, 0.25) is 0 Å². The first-order chi connectivity index (χ1) is 11.5. The molecule has 3 aromatic rings. The lowest BCUT2D eigenvalue weighted by Crippen LogP contribution is -2.12. The third-order valence-electron chi connectivity index (χ3n) is 3.79. The molecule has 24 heavy (non-hydrogen) atoms. The maximum atomic E-state index is 13.2. The maximum absolute atomic E-state index is 13.2. The van der Waals surface area contributed by atoms with Gasteiger partial charge >= 0.3 is 6.18 Å². The molecular formula is C14H12F3N5OS. The number of fused-ring (bicyclic) bond motifs is 3. The minimum Gasteiger partial charge on any atom is -0.381 e. The van der Waals surface area contributed by atoms with Crippen LogP contribution in [0, 0.1) is 5.92 Å². The Balaban J connectivity index is 1.84. The van der Waals surface area contributed by atoms with Crippen LogP contribution < -0.4 is 0 Å². The zero-order chi connectivity index (χ0) is 16.7. The molecule has 10 heteroatoms. The Bertz CT molecular complexity index is 891. The highest BCUT2D eigenvalue weighted by atomic mass is 32.2. The molecule has 1 fully saturated rings. The molecule has 0 aromatic carbocycles. The van der Waals surface area contributed by atoms with Crippen molar-refractivity contribution in [3.63, 3.8) is 0 Å². The van der Waals surface area contributed by atoms with Gasteiger partial charge in [0, 0.05) is 18.6 Å². The molecule has 1 unspecified atom stereocenters. The van der Waals surface area contributed by atoms with Gasteiger partial charge in [-0.25, -0.2) is 9.97 Å². The number of hydrogen-bond donors (Lipinski definition) is 0. The van der Waals surface area contributed by atoms with Crippen molar-refractivity contribution in [1.29, 1.82) is 0 Å². The van der Waals surface area contributed by atoms with Crippen molar-refractivity contribution in [2.45, 2.75) is 17.6 Å². The number of ether oxygens (including phenoxy) is 1. The summed E-state index contributed by atoms with van der Waals surface area (Å²) in [6.45, 7) is 1.39.